The summed E-state index contributed by atoms with van der Waals surface area (Å²) >= 11 is 0. The molecule has 98 valence electrons. The largest absolute Gasteiger partial charge is 0.478 e. The first-order chi connectivity index (χ1) is 8.50. The number of carboxylic acids is 1. The second-order valence-electron chi connectivity index (χ2n) is 5.01. The highest BCUT2D eigenvalue weighted by molar-refractivity contribution is 5.88. The van der Waals surface area contributed by atoms with Crippen LogP contribution >= 0.6 is 0 Å². The number of aromatic carboxylic acids is 1. The second-order valence-corrected chi connectivity index (χ2v) is 5.01. The van der Waals surface area contributed by atoms with Crippen LogP contribution in [0, 0.1) is 6.92 Å². The number of hydrogen-bond donors (Lipinski definition) is 1. The monoisotopic (exact) mass is 249 g/mol. The smallest absolute Gasteiger partial charge is 0.339 e. The molecule has 5 nitrogen and oxygen atoms in total. The van der Waals surface area contributed by atoms with Crippen LogP contribution in [0.2, 0.25) is 0 Å². The predicted octanol–water partition coefficient (Wildman–Crippen LogP) is 2.25. The van der Waals surface area contributed by atoms with Crippen molar-refractivity contribution in [2.45, 2.75) is 52.1 Å². The van der Waals surface area contributed by atoms with Gasteiger partial charge in [-0.2, -0.15) is 0 Å². The van der Waals surface area contributed by atoms with Gasteiger partial charge < -0.3 is 10.0 Å². The molecule has 0 bridgehead atoms. The molecule has 0 aromatic carbocycles. The number of aromatic nitrogens is 2. The van der Waals surface area contributed by atoms with E-state index in [9.17, 15) is 4.79 Å². The molecular formula is C13H19N3O2. The van der Waals surface area contributed by atoms with Crippen molar-refractivity contribution in [3.05, 3.63) is 17.5 Å². The number of aryl methyl sites for hydroxylation is 1. The number of carbonyl (C=O) groups is 1. The Morgan fingerprint density at radius 2 is 2.00 bits per heavy atom. The summed E-state index contributed by atoms with van der Waals surface area (Å²) in [6.07, 6.45) is 4.90. The highest BCUT2D eigenvalue weighted by Crippen LogP contribution is 2.26. The fraction of sp³-hybridized carbons (Fsp3) is 0.615. The van der Waals surface area contributed by atoms with Crippen LogP contribution in [0.25, 0.3) is 0 Å². The first-order valence-corrected chi connectivity index (χ1v) is 6.36. The van der Waals surface area contributed by atoms with Gasteiger partial charge in [-0.05, 0) is 40.0 Å². The lowest BCUT2D eigenvalue weighted by Gasteiger charge is -2.39. The van der Waals surface area contributed by atoms with Crippen molar-refractivity contribution in [3.63, 3.8) is 0 Å². The minimum absolute atomic E-state index is 0.177. The van der Waals surface area contributed by atoms with Gasteiger partial charge in [-0.15, -0.1) is 0 Å². The summed E-state index contributed by atoms with van der Waals surface area (Å²) in [6.45, 7) is 6.05. The van der Waals surface area contributed by atoms with Crippen LogP contribution in [0.1, 0.15) is 49.2 Å². The van der Waals surface area contributed by atoms with Crippen molar-refractivity contribution in [2.24, 2.45) is 0 Å². The molecule has 2 rings (SSSR count). The van der Waals surface area contributed by atoms with Crippen molar-refractivity contribution >= 4 is 11.9 Å². The zero-order chi connectivity index (χ0) is 13.3. The normalized spacial score (nSPS) is 24.1. The van der Waals surface area contributed by atoms with E-state index in [1.807, 2.05) is 0 Å². The van der Waals surface area contributed by atoms with Gasteiger partial charge in [-0.25, -0.2) is 14.8 Å². The standard InChI is InChI=1S/C13H19N3O2/c1-8-5-4-6-9(2)16(8)13-14-7-11(12(17)18)10(3)15-13/h7-9H,4-6H2,1-3H3,(H,17,18)/t8-,9-/m0/s1. The fourth-order valence-corrected chi connectivity index (χ4v) is 2.60. The summed E-state index contributed by atoms with van der Waals surface area (Å²) < 4.78 is 0. The summed E-state index contributed by atoms with van der Waals surface area (Å²) in [7, 11) is 0. The number of hydrogen-bond acceptors (Lipinski definition) is 4. The van der Waals surface area contributed by atoms with Gasteiger partial charge in [0.15, 0.2) is 0 Å². The van der Waals surface area contributed by atoms with Gasteiger partial charge in [0.05, 0.1) is 11.3 Å². The molecule has 1 aliphatic heterocycles. The summed E-state index contributed by atoms with van der Waals surface area (Å²) in [5.41, 5.74) is 0.702. The van der Waals surface area contributed by atoms with E-state index in [1.165, 1.54) is 12.6 Å². The van der Waals surface area contributed by atoms with Gasteiger partial charge in [-0.3, -0.25) is 0 Å². The van der Waals surface area contributed by atoms with E-state index in [0.29, 0.717) is 23.7 Å². The minimum atomic E-state index is -0.973. The van der Waals surface area contributed by atoms with Crippen LogP contribution in [-0.4, -0.2) is 33.1 Å². The summed E-state index contributed by atoms with van der Waals surface area (Å²) in [5, 5.41) is 8.98. The molecule has 2 heterocycles. The topological polar surface area (TPSA) is 66.3 Å². The summed E-state index contributed by atoms with van der Waals surface area (Å²) in [4.78, 5) is 21.7. The van der Waals surface area contributed by atoms with Gasteiger partial charge in [0.2, 0.25) is 5.95 Å². The van der Waals surface area contributed by atoms with Crippen molar-refractivity contribution in [2.75, 3.05) is 4.90 Å². The maximum absolute atomic E-state index is 10.9. The molecule has 18 heavy (non-hydrogen) atoms. The number of piperidine rings is 1. The van der Waals surface area contributed by atoms with Gasteiger partial charge in [0, 0.05) is 18.3 Å². The third kappa shape index (κ3) is 2.30. The van der Waals surface area contributed by atoms with Gasteiger partial charge in [-0.1, -0.05) is 0 Å². The number of nitrogens with zero attached hydrogens (tertiary/aromatic N) is 3. The average Bonchev–Trinajstić information content (AvgIpc) is 2.28. The minimum Gasteiger partial charge on any atom is -0.478 e. The second kappa shape index (κ2) is 4.92. The molecule has 1 saturated heterocycles. The Labute approximate surface area is 107 Å². The van der Waals surface area contributed by atoms with E-state index < -0.39 is 5.97 Å². The molecule has 1 N–H and O–H groups in total. The lowest BCUT2D eigenvalue weighted by molar-refractivity contribution is 0.0695. The maximum atomic E-state index is 10.9. The Hall–Kier alpha value is -1.65. The number of anilines is 1. The van der Waals surface area contributed by atoms with E-state index in [4.69, 9.17) is 5.11 Å². The third-order valence-electron chi connectivity index (χ3n) is 3.62. The molecule has 0 amide bonds. The molecule has 0 unspecified atom stereocenters. The quantitative estimate of drug-likeness (QED) is 0.870. The SMILES string of the molecule is Cc1nc(N2[C@@H](C)CCC[C@@H]2C)ncc1C(=O)O. The van der Waals surface area contributed by atoms with Crippen LogP contribution in [0.15, 0.2) is 6.20 Å². The molecule has 0 radical (unpaired) electrons. The molecular weight excluding hydrogens is 230 g/mol. The Morgan fingerprint density at radius 3 is 2.50 bits per heavy atom. The van der Waals surface area contributed by atoms with Crippen LogP contribution in [0.5, 0.6) is 0 Å². The van der Waals surface area contributed by atoms with Crippen molar-refractivity contribution in [1.29, 1.82) is 0 Å². The summed E-state index contributed by atoms with van der Waals surface area (Å²) in [5.74, 6) is -0.323. The average molecular weight is 249 g/mol. The molecule has 2 atom stereocenters. The Kier molecular flexibility index (Phi) is 3.50. The highest BCUT2D eigenvalue weighted by Gasteiger charge is 2.27. The molecule has 0 aliphatic carbocycles. The van der Waals surface area contributed by atoms with Crippen molar-refractivity contribution in [1.82, 2.24) is 9.97 Å². The zero-order valence-corrected chi connectivity index (χ0v) is 11.1. The van der Waals surface area contributed by atoms with Crippen LogP contribution in [0.3, 0.4) is 0 Å². The van der Waals surface area contributed by atoms with E-state index in [2.05, 4.69) is 28.7 Å². The van der Waals surface area contributed by atoms with E-state index in [0.717, 1.165) is 12.8 Å². The lowest BCUT2D eigenvalue weighted by Crippen LogP contribution is -2.44. The molecule has 5 heteroatoms. The van der Waals surface area contributed by atoms with Crippen molar-refractivity contribution < 1.29 is 9.90 Å². The van der Waals surface area contributed by atoms with Crippen molar-refractivity contribution in [3.8, 4) is 0 Å². The Morgan fingerprint density at radius 1 is 1.39 bits per heavy atom. The van der Waals surface area contributed by atoms with Gasteiger partial charge >= 0.3 is 5.97 Å². The molecule has 1 aromatic heterocycles. The van der Waals surface area contributed by atoms with E-state index >= 15 is 0 Å². The molecule has 1 aromatic rings. The van der Waals surface area contributed by atoms with Gasteiger partial charge in [0.25, 0.3) is 0 Å². The van der Waals surface area contributed by atoms with E-state index in [1.54, 1.807) is 6.92 Å². The Bertz CT molecular complexity index is 452. The third-order valence-corrected chi connectivity index (χ3v) is 3.62. The Balaban J connectivity index is 2.33. The van der Waals surface area contributed by atoms with Crippen LogP contribution < -0.4 is 4.90 Å². The maximum Gasteiger partial charge on any atom is 0.339 e. The molecule has 1 aliphatic rings. The number of rotatable bonds is 2. The zero-order valence-electron chi connectivity index (χ0n) is 11.1. The van der Waals surface area contributed by atoms with E-state index in [-0.39, 0.29) is 5.56 Å². The fourth-order valence-electron chi connectivity index (χ4n) is 2.60. The summed E-state index contributed by atoms with van der Waals surface area (Å²) in [6, 6.07) is 0.813. The first kappa shape index (κ1) is 12.8. The predicted molar refractivity (Wildman–Crippen MR) is 69.0 cm³/mol. The van der Waals surface area contributed by atoms with Gasteiger partial charge in [0.1, 0.15) is 0 Å². The van der Waals surface area contributed by atoms with Crippen LogP contribution in [-0.2, 0) is 0 Å². The lowest BCUT2D eigenvalue weighted by atomic mass is 9.98. The highest BCUT2D eigenvalue weighted by atomic mass is 16.4. The molecule has 1 fully saturated rings. The molecule has 0 saturated carbocycles. The first-order valence-electron chi connectivity index (χ1n) is 6.36. The van der Waals surface area contributed by atoms with Crippen LogP contribution in [0.4, 0.5) is 5.95 Å². The number of carboxylic acid groups (broad SMARTS) is 1. The molecule has 0 spiro atoms.